The maximum atomic E-state index is 13.6. The quantitative estimate of drug-likeness (QED) is 0.540. The van der Waals surface area contributed by atoms with Crippen molar-refractivity contribution in [2.75, 3.05) is 5.32 Å². The first-order valence-electron chi connectivity index (χ1n) is 11.2. The largest absolute Gasteiger partial charge is 0.336 e. The number of benzene rings is 1. The van der Waals surface area contributed by atoms with Crippen molar-refractivity contribution in [2.24, 2.45) is 0 Å². The highest BCUT2D eigenvalue weighted by atomic mass is 35.5. The second kappa shape index (κ2) is 7.74. The predicted molar refractivity (Wildman–Crippen MR) is 126 cm³/mol. The fourth-order valence-electron chi connectivity index (χ4n) is 5.42. The van der Waals surface area contributed by atoms with Gasteiger partial charge >= 0.3 is 0 Å². The van der Waals surface area contributed by atoms with Gasteiger partial charge in [0.05, 0.1) is 16.1 Å². The van der Waals surface area contributed by atoms with Crippen LogP contribution in [-0.4, -0.2) is 43.2 Å². The van der Waals surface area contributed by atoms with E-state index in [0.717, 1.165) is 0 Å². The Labute approximate surface area is 203 Å². The number of imide groups is 1. The summed E-state index contributed by atoms with van der Waals surface area (Å²) < 4.78 is 1.38. The van der Waals surface area contributed by atoms with Gasteiger partial charge in [0.2, 0.25) is 0 Å². The van der Waals surface area contributed by atoms with E-state index in [1.807, 2.05) is 0 Å². The van der Waals surface area contributed by atoms with Gasteiger partial charge in [-0.25, -0.2) is 9.97 Å². The highest BCUT2D eigenvalue weighted by molar-refractivity contribution is 6.34. The summed E-state index contributed by atoms with van der Waals surface area (Å²) in [5, 5.41) is 6.00. The number of anilines is 2. The van der Waals surface area contributed by atoms with Gasteiger partial charge in [0.1, 0.15) is 29.2 Å². The number of nitrogens with zero attached hydrogens (tertiary/aromatic N) is 4. The molecular weight excluding hydrogens is 472 g/mol. The molecule has 3 aromatic rings. The van der Waals surface area contributed by atoms with Gasteiger partial charge in [-0.1, -0.05) is 23.7 Å². The Kier molecular flexibility index (Phi) is 4.75. The van der Waals surface area contributed by atoms with E-state index in [4.69, 9.17) is 11.6 Å². The second-order valence-corrected chi connectivity index (χ2v) is 9.28. The van der Waals surface area contributed by atoms with Gasteiger partial charge in [-0.3, -0.25) is 28.6 Å². The summed E-state index contributed by atoms with van der Waals surface area (Å²) in [5.41, 5.74) is -0.628. The van der Waals surface area contributed by atoms with Gasteiger partial charge in [0, 0.05) is 18.7 Å². The summed E-state index contributed by atoms with van der Waals surface area (Å²) in [4.78, 5) is 62.0. The Morgan fingerprint density at radius 1 is 1.09 bits per heavy atom. The molecule has 4 heterocycles. The third-order valence-corrected chi connectivity index (χ3v) is 7.17. The first kappa shape index (κ1) is 21.5. The minimum absolute atomic E-state index is 0.0629. The van der Waals surface area contributed by atoms with Gasteiger partial charge in [0.25, 0.3) is 23.3 Å². The van der Waals surface area contributed by atoms with E-state index in [2.05, 4.69) is 20.6 Å². The van der Waals surface area contributed by atoms with E-state index >= 15 is 0 Å². The summed E-state index contributed by atoms with van der Waals surface area (Å²) in [6.45, 7) is 0. The summed E-state index contributed by atoms with van der Waals surface area (Å²) in [7, 11) is 0. The van der Waals surface area contributed by atoms with Crippen LogP contribution < -0.4 is 16.2 Å². The monoisotopic (exact) mass is 490 g/mol. The van der Waals surface area contributed by atoms with E-state index in [0.29, 0.717) is 36.2 Å². The zero-order chi connectivity index (χ0) is 24.3. The lowest BCUT2D eigenvalue weighted by molar-refractivity contribution is 0.0414. The molecule has 2 aliphatic heterocycles. The average Bonchev–Trinajstić information content (AvgIpc) is 3.28. The lowest BCUT2D eigenvalue weighted by Gasteiger charge is -2.41. The molecule has 1 aliphatic carbocycles. The molecule has 1 aromatic carbocycles. The zero-order valence-electron chi connectivity index (χ0n) is 18.3. The number of amides is 3. The van der Waals surface area contributed by atoms with Crippen LogP contribution in [0.4, 0.5) is 11.5 Å². The van der Waals surface area contributed by atoms with E-state index in [-0.39, 0.29) is 34.6 Å². The maximum Gasteiger partial charge on any atom is 0.276 e. The molecule has 0 saturated heterocycles. The molecule has 35 heavy (non-hydrogen) atoms. The van der Waals surface area contributed by atoms with Crippen molar-refractivity contribution in [1.82, 2.24) is 24.8 Å². The molecule has 0 bridgehead atoms. The summed E-state index contributed by atoms with van der Waals surface area (Å²) in [6, 6.07) is 9.22. The third kappa shape index (κ3) is 3.17. The summed E-state index contributed by atoms with van der Waals surface area (Å²) in [5.74, 6) is -0.792. The normalized spacial score (nSPS) is 22.8. The fourth-order valence-corrected chi connectivity index (χ4v) is 5.70. The molecule has 1 fully saturated rings. The zero-order valence-corrected chi connectivity index (χ0v) is 19.1. The molecule has 1 saturated carbocycles. The maximum absolute atomic E-state index is 13.6. The molecule has 2 aromatic heterocycles. The number of fused-ring (bicyclic) bond motifs is 3. The van der Waals surface area contributed by atoms with Gasteiger partial charge in [0.15, 0.2) is 0 Å². The minimum atomic E-state index is -1.12. The van der Waals surface area contributed by atoms with Crippen molar-refractivity contribution in [3.63, 3.8) is 0 Å². The number of hydrogen-bond donors (Lipinski definition) is 2. The van der Waals surface area contributed by atoms with Crippen LogP contribution in [0, 0.1) is 0 Å². The van der Waals surface area contributed by atoms with Crippen molar-refractivity contribution in [3.8, 4) is 0 Å². The van der Waals surface area contributed by atoms with E-state index in [1.54, 1.807) is 30.3 Å². The first-order chi connectivity index (χ1) is 16.9. The number of halogens is 1. The molecule has 1 unspecified atom stereocenters. The van der Waals surface area contributed by atoms with Crippen LogP contribution in [0.5, 0.6) is 0 Å². The molecular formula is C24H19ClN6O4. The number of rotatable bonds is 3. The van der Waals surface area contributed by atoms with Gasteiger partial charge in [-0.2, -0.15) is 0 Å². The van der Waals surface area contributed by atoms with Crippen LogP contribution >= 0.6 is 11.6 Å². The van der Waals surface area contributed by atoms with Crippen molar-refractivity contribution in [3.05, 3.63) is 81.1 Å². The van der Waals surface area contributed by atoms with Crippen LogP contribution in [-0.2, 0) is 5.66 Å². The predicted octanol–water partition coefficient (Wildman–Crippen LogP) is 2.67. The molecule has 3 amide bonds. The number of pyridine rings is 1. The lowest BCUT2D eigenvalue weighted by atomic mass is 9.84. The van der Waals surface area contributed by atoms with Gasteiger partial charge in [-0.05, 0) is 43.5 Å². The van der Waals surface area contributed by atoms with Gasteiger partial charge < -0.3 is 10.6 Å². The van der Waals surface area contributed by atoms with Crippen LogP contribution in [0.15, 0.2) is 53.7 Å². The van der Waals surface area contributed by atoms with E-state index in [1.165, 1.54) is 28.1 Å². The van der Waals surface area contributed by atoms with Gasteiger partial charge in [-0.15, -0.1) is 0 Å². The molecule has 6 rings (SSSR count). The molecule has 2 atom stereocenters. The number of carbonyl (C=O) groups excluding carboxylic acids is 3. The molecule has 3 aliphatic rings. The number of aromatic nitrogens is 3. The Hall–Kier alpha value is -4.05. The Balaban J connectivity index is 1.40. The molecule has 11 heteroatoms. The molecule has 10 nitrogen and oxygen atoms in total. The third-order valence-electron chi connectivity index (χ3n) is 6.88. The summed E-state index contributed by atoms with van der Waals surface area (Å²) in [6.07, 6.45) is 4.69. The molecule has 2 N–H and O–H groups in total. The van der Waals surface area contributed by atoms with Crippen molar-refractivity contribution < 1.29 is 14.4 Å². The Morgan fingerprint density at radius 3 is 2.51 bits per heavy atom. The smallest absolute Gasteiger partial charge is 0.276 e. The van der Waals surface area contributed by atoms with Crippen LogP contribution in [0.25, 0.3) is 0 Å². The Morgan fingerprint density at radius 2 is 1.83 bits per heavy atom. The molecule has 176 valence electrons. The number of hydrogen-bond acceptors (Lipinski definition) is 7. The van der Waals surface area contributed by atoms with Crippen LogP contribution in [0.3, 0.4) is 0 Å². The number of carbonyl (C=O) groups is 3. The first-order valence-corrected chi connectivity index (χ1v) is 11.6. The van der Waals surface area contributed by atoms with Crippen LogP contribution in [0.1, 0.15) is 56.9 Å². The second-order valence-electron chi connectivity index (χ2n) is 8.88. The van der Waals surface area contributed by atoms with E-state index in [9.17, 15) is 19.2 Å². The lowest BCUT2D eigenvalue weighted by Crippen LogP contribution is -2.55. The summed E-state index contributed by atoms with van der Waals surface area (Å²) >= 11 is 6.47. The minimum Gasteiger partial charge on any atom is -0.336 e. The van der Waals surface area contributed by atoms with Crippen molar-refractivity contribution >= 4 is 40.8 Å². The Bertz CT molecular complexity index is 1440. The number of nitrogens with one attached hydrogen (secondary N) is 2. The van der Waals surface area contributed by atoms with Crippen molar-refractivity contribution in [1.29, 1.82) is 0 Å². The van der Waals surface area contributed by atoms with Crippen LogP contribution in [0.2, 0.25) is 5.02 Å². The SMILES string of the molecule is O=C1NC2(CCC[C@H](N3C(=O)c4ccccc4C3=O)C2)n2c1c(Cl)cc(Nc1ccncn1)c2=O. The average molecular weight is 491 g/mol. The van der Waals surface area contributed by atoms with Crippen molar-refractivity contribution in [2.45, 2.75) is 37.4 Å². The standard InChI is InChI=1S/C24H19ClN6O4/c25-16-10-17(28-18-7-9-26-12-27-18)23(35)31-19(16)20(32)29-24(31)8-3-4-13(11-24)30-21(33)14-5-1-2-6-15(14)22(30)34/h1-2,5-7,9-10,12-13H,3-4,8,11H2,(H,29,32)(H,26,27,28)/t13-,24?/m0/s1. The molecule has 1 spiro atoms. The highest BCUT2D eigenvalue weighted by Crippen LogP contribution is 2.42. The molecule has 0 radical (unpaired) electrons. The van der Waals surface area contributed by atoms with E-state index < -0.39 is 23.2 Å². The topological polar surface area (TPSA) is 126 Å². The highest BCUT2D eigenvalue weighted by Gasteiger charge is 2.51. The fraction of sp³-hybridized carbons (Fsp3) is 0.250.